The number of anilines is 1. The van der Waals surface area contributed by atoms with Gasteiger partial charge in [0.05, 0.1) is 6.33 Å². The number of nitrogens with zero attached hydrogens (tertiary/aromatic N) is 2. The number of nitrogen functional groups attached to an aromatic ring is 1. The SMILES string of the molecule is CSCCC(C)NS(=O)(=O)c1c(N)ncn1C. The monoisotopic (exact) mass is 278 g/mol. The van der Waals surface area contributed by atoms with Gasteiger partial charge in [0, 0.05) is 13.1 Å². The number of aryl methyl sites for hydroxylation is 1. The summed E-state index contributed by atoms with van der Waals surface area (Å²) >= 11 is 1.68. The van der Waals surface area contributed by atoms with Crippen molar-refractivity contribution in [1.29, 1.82) is 0 Å². The third kappa shape index (κ3) is 3.62. The molecule has 1 atom stereocenters. The van der Waals surface area contributed by atoms with Gasteiger partial charge in [-0.2, -0.15) is 11.8 Å². The molecule has 3 N–H and O–H groups in total. The molecule has 1 unspecified atom stereocenters. The van der Waals surface area contributed by atoms with Crippen LogP contribution in [0.2, 0.25) is 0 Å². The topological polar surface area (TPSA) is 90.0 Å². The van der Waals surface area contributed by atoms with Crippen molar-refractivity contribution in [1.82, 2.24) is 14.3 Å². The highest BCUT2D eigenvalue weighted by molar-refractivity contribution is 7.98. The van der Waals surface area contributed by atoms with Gasteiger partial charge in [0.15, 0.2) is 10.8 Å². The first-order valence-corrected chi connectivity index (χ1v) is 8.04. The van der Waals surface area contributed by atoms with E-state index in [-0.39, 0.29) is 16.9 Å². The summed E-state index contributed by atoms with van der Waals surface area (Å²) in [6, 6.07) is -0.123. The smallest absolute Gasteiger partial charge is 0.260 e. The number of rotatable bonds is 6. The highest BCUT2D eigenvalue weighted by atomic mass is 32.2. The van der Waals surface area contributed by atoms with Gasteiger partial charge in [-0.3, -0.25) is 0 Å². The van der Waals surface area contributed by atoms with E-state index in [2.05, 4.69) is 9.71 Å². The van der Waals surface area contributed by atoms with Crippen molar-refractivity contribution in [3.63, 3.8) is 0 Å². The first-order valence-electron chi connectivity index (χ1n) is 5.16. The number of aromatic nitrogens is 2. The van der Waals surface area contributed by atoms with E-state index in [9.17, 15) is 8.42 Å². The second-order valence-corrected chi connectivity index (χ2v) is 6.46. The molecular weight excluding hydrogens is 260 g/mol. The second kappa shape index (κ2) is 5.74. The Labute approximate surface area is 106 Å². The highest BCUT2D eigenvalue weighted by Crippen LogP contribution is 2.16. The van der Waals surface area contributed by atoms with E-state index in [1.807, 2.05) is 13.2 Å². The molecule has 0 saturated carbocycles. The fourth-order valence-corrected chi connectivity index (χ4v) is 3.54. The van der Waals surface area contributed by atoms with Gasteiger partial charge in [-0.05, 0) is 25.4 Å². The van der Waals surface area contributed by atoms with Gasteiger partial charge in [-0.25, -0.2) is 18.1 Å². The molecular formula is C9H18N4O2S2. The molecule has 8 heteroatoms. The van der Waals surface area contributed by atoms with Gasteiger partial charge >= 0.3 is 0 Å². The average Bonchev–Trinajstić information content (AvgIpc) is 2.55. The van der Waals surface area contributed by atoms with E-state index in [1.54, 1.807) is 18.8 Å². The van der Waals surface area contributed by atoms with Crippen molar-refractivity contribution in [2.45, 2.75) is 24.4 Å². The Morgan fingerprint density at radius 3 is 2.76 bits per heavy atom. The Morgan fingerprint density at radius 2 is 2.29 bits per heavy atom. The lowest BCUT2D eigenvalue weighted by molar-refractivity contribution is 0.549. The zero-order valence-electron chi connectivity index (χ0n) is 10.2. The van der Waals surface area contributed by atoms with Crippen molar-refractivity contribution >= 4 is 27.6 Å². The van der Waals surface area contributed by atoms with Crippen LogP contribution in [0.1, 0.15) is 13.3 Å². The Bertz CT molecular complexity index is 450. The van der Waals surface area contributed by atoms with Gasteiger partial charge < -0.3 is 10.3 Å². The van der Waals surface area contributed by atoms with E-state index < -0.39 is 10.0 Å². The van der Waals surface area contributed by atoms with Crippen molar-refractivity contribution < 1.29 is 8.42 Å². The highest BCUT2D eigenvalue weighted by Gasteiger charge is 2.23. The molecule has 0 amide bonds. The van der Waals surface area contributed by atoms with E-state index in [1.165, 1.54) is 10.9 Å². The number of nitrogens with two attached hydrogens (primary N) is 1. The molecule has 98 valence electrons. The summed E-state index contributed by atoms with van der Waals surface area (Å²) in [7, 11) is -1.99. The van der Waals surface area contributed by atoms with Crippen molar-refractivity contribution in [2.75, 3.05) is 17.7 Å². The van der Waals surface area contributed by atoms with Crippen LogP contribution in [0.25, 0.3) is 0 Å². The van der Waals surface area contributed by atoms with Crippen LogP contribution in [0.5, 0.6) is 0 Å². The summed E-state index contributed by atoms with van der Waals surface area (Å²) in [5, 5.41) is 0.0218. The van der Waals surface area contributed by atoms with Gasteiger partial charge in [0.1, 0.15) is 0 Å². The maximum atomic E-state index is 12.0. The zero-order valence-corrected chi connectivity index (χ0v) is 11.8. The van der Waals surface area contributed by atoms with Crippen molar-refractivity contribution in [3.05, 3.63) is 6.33 Å². The van der Waals surface area contributed by atoms with E-state index in [4.69, 9.17) is 5.73 Å². The molecule has 6 nitrogen and oxygen atoms in total. The molecule has 1 aromatic heterocycles. The minimum absolute atomic E-state index is 0.0218. The quantitative estimate of drug-likeness (QED) is 0.787. The fourth-order valence-electron chi connectivity index (χ4n) is 1.44. The molecule has 1 heterocycles. The van der Waals surface area contributed by atoms with Gasteiger partial charge in [-0.1, -0.05) is 0 Å². The predicted molar refractivity (Wildman–Crippen MR) is 70.4 cm³/mol. The zero-order chi connectivity index (χ0) is 13.1. The van der Waals surface area contributed by atoms with Crippen LogP contribution in [0.15, 0.2) is 11.4 Å². The lowest BCUT2D eigenvalue weighted by atomic mass is 10.3. The molecule has 0 bridgehead atoms. The number of thioether (sulfide) groups is 1. The van der Waals surface area contributed by atoms with Crippen LogP contribution in [-0.2, 0) is 17.1 Å². The molecule has 0 saturated heterocycles. The van der Waals surface area contributed by atoms with E-state index >= 15 is 0 Å². The molecule has 0 radical (unpaired) electrons. The molecule has 0 aliphatic heterocycles. The van der Waals surface area contributed by atoms with Gasteiger partial charge in [0.25, 0.3) is 10.0 Å². The standard InChI is InChI=1S/C9H18N4O2S2/c1-7(4-5-16-3)12-17(14,15)9-8(10)11-6-13(9)2/h6-7,12H,4-5,10H2,1-3H3. The van der Waals surface area contributed by atoms with Crippen molar-refractivity contribution in [3.8, 4) is 0 Å². The van der Waals surface area contributed by atoms with Crippen LogP contribution in [0.4, 0.5) is 5.82 Å². The lowest BCUT2D eigenvalue weighted by Crippen LogP contribution is -2.34. The molecule has 17 heavy (non-hydrogen) atoms. The largest absolute Gasteiger partial charge is 0.381 e. The fraction of sp³-hybridized carbons (Fsp3) is 0.667. The summed E-state index contributed by atoms with van der Waals surface area (Å²) in [4.78, 5) is 3.77. The summed E-state index contributed by atoms with van der Waals surface area (Å²) < 4.78 is 28.1. The molecule has 1 rings (SSSR count). The van der Waals surface area contributed by atoms with E-state index in [0.717, 1.165) is 12.2 Å². The number of nitrogens with one attached hydrogen (secondary N) is 1. The molecule has 0 spiro atoms. The van der Waals surface area contributed by atoms with Crippen LogP contribution in [0, 0.1) is 0 Å². The Kier molecular flexibility index (Phi) is 4.84. The van der Waals surface area contributed by atoms with Crippen LogP contribution < -0.4 is 10.5 Å². The van der Waals surface area contributed by atoms with Gasteiger partial charge in [-0.15, -0.1) is 0 Å². The summed E-state index contributed by atoms with van der Waals surface area (Å²) in [5.74, 6) is 0.932. The van der Waals surface area contributed by atoms with Crippen LogP contribution in [-0.4, -0.2) is 36.0 Å². The van der Waals surface area contributed by atoms with Crippen LogP contribution >= 0.6 is 11.8 Å². The van der Waals surface area contributed by atoms with Crippen LogP contribution in [0.3, 0.4) is 0 Å². The van der Waals surface area contributed by atoms with E-state index in [0.29, 0.717) is 0 Å². The summed E-state index contributed by atoms with van der Waals surface area (Å²) in [5.41, 5.74) is 5.55. The maximum absolute atomic E-state index is 12.0. The molecule has 0 aromatic carbocycles. The first-order chi connectivity index (χ1) is 7.88. The summed E-state index contributed by atoms with van der Waals surface area (Å²) in [6.07, 6.45) is 4.15. The average molecular weight is 278 g/mol. The normalized spacial score (nSPS) is 13.8. The first kappa shape index (κ1) is 14.3. The minimum atomic E-state index is -3.59. The number of sulfonamides is 1. The Hall–Kier alpha value is -0.730. The number of hydrogen-bond donors (Lipinski definition) is 2. The number of hydrogen-bond acceptors (Lipinski definition) is 5. The number of imidazole rings is 1. The molecule has 0 fully saturated rings. The molecule has 0 aliphatic carbocycles. The summed E-state index contributed by atoms with van der Waals surface area (Å²) in [6.45, 7) is 1.83. The molecule has 0 aliphatic rings. The Balaban J connectivity index is 2.83. The third-order valence-electron chi connectivity index (χ3n) is 2.28. The minimum Gasteiger partial charge on any atom is -0.381 e. The Morgan fingerprint density at radius 1 is 1.65 bits per heavy atom. The lowest BCUT2D eigenvalue weighted by Gasteiger charge is -2.14. The second-order valence-electron chi connectivity index (χ2n) is 3.85. The third-order valence-corrected chi connectivity index (χ3v) is 4.64. The predicted octanol–water partition coefficient (Wildman–Crippen LogP) is 0.422. The van der Waals surface area contributed by atoms with Crippen molar-refractivity contribution in [2.24, 2.45) is 7.05 Å². The van der Waals surface area contributed by atoms with Gasteiger partial charge in [0.2, 0.25) is 0 Å². The maximum Gasteiger partial charge on any atom is 0.260 e. The molecule has 1 aromatic rings.